The van der Waals surface area contributed by atoms with Crippen molar-refractivity contribution < 1.29 is 0 Å². The van der Waals surface area contributed by atoms with Crippen molar-refractivity contribution in [3.63, 3.8) is 0 Å². The van der Waals surface area contributed by atoms with Crippen LogP contribution in [-0.4, -0.2) is 32.7 Å². The molecule has 0 spiro atoms. The van der Waals surface area contributed by atoms with Gasteiger partial charge in [0.2, 0.25) is 5.96 Å². The Labute approximate surface area is 142 Å². The molecule has 0 unspecified atom stereocenters. The second-order valence-corrected chi connectivity index (χ2v) is 5.31. The average molecular weight is 346 g/mol. The minimum atomic E-state index is -0.0609. The summed E-state index contributed by atoms with van der Waals surface area (Å²) in [6.45, 7) is 2.42. The number of halogens is 1. The van der Waals surface area contributed by atoms with Crippen molar-refractivity contribution in [2.24, 2.45) is 16.6 Å². The number of hydrazone groups is 1. The third-order valence-corrected chi connectivity index (χ3v) is 3.44. The quantitative estimate of drug-likeness (QED) is 0.314. The fraction of sp³-hybridized carbons (Fsp3) is 0.143. The van der Waals surface area contributed by atoms with Crippen LogP contribution in [0.2, 0.25) is 5.02 Å². The molecule has 9 nitrogen and oxygen atoms in total. The molecule has 10 heteroatoms. The Morgan fingerprint density at radius 1 is 1.38 bits per heavy atom. The van der Waals surface area contributed by atoms with E-state index in [9.17, 15) is 0 Å². The number of anilines is 3. The number of aromatic nitrogens is 4. The smallest absolute Gasteiger partial charge is 0.209 e. The molecule has 0 aliphatic heterocycles. The van der Waals surface area contributed by atoms with Crippen molar-refractivity contribution in [3.8, 4) is 0 Å². The summed E-state index contributed by atoms with van der Waals surface area (Å²) in [5.74, 6) is 1.02. The predicted molar refractivity (Wildman–Crippen MR) is 95.2 cm³/mol. The Morgan fingerprint density at radius 3 is 2.92 bits per heavy atom. The molecule has 2 aromatic heterocycles. The lowest BCUT2D eigenvalue weighted by atomic mass is 10.3. The van der Waals surface area contributed by atoms with Crippen LogP contribution >= 0.6 is 11.6 Å². The maximum absolute atomic E-state index is 6.02. The number of rotatable bonds is 5. The number of hydrogen-bond donors (Lipinski definition) is 4. The molecular formula is C14H16ClN9. The van der Waals surface area contributed by atoms with Gasteiger partial charge >= 0.3 is 0 Å². The highest BCUT2D eigenvalue weighted by Gasteiger charge is 2.18. The number of hydrogen-bond acceptors (Lipinski definition) is 6. The Balaban J connectivity index is 2.08. The van der Waals surface area contributed by atoms with Gasteiger partial charge in [0.05, 0.1) is 0 Å². The highest BCUT2D eigenvalue weighted by molar-refractivity contribution is 6.30. The number of guanidine groups is 1. The van der Waals surface area contributed by atoms with Crippen LogP contribution in [0.3, 0.4) is 0 Å². The van der Waals surface area contributed by atoms with E-state index in [1.807, 2.05) is 19.1 Å². The maximum atomic E-state index is 6.02. The van der Waals surface area contributed by atoms with Gasteiger partial charge in [0.1, 0.15) is 17.5 Å². The van der Waals surface area contributed by atoms with Gasteiger partial charge in [0, 0.05) is 17.3 Å². The Kier molecular flexibility index (Phi) is 4.34. The molecule has 124 valence electrons. The highest BCUT2D eigenvalue weighted by atomic mass is 35.5. The first kappa shape index (κ1) is 15.8. The first-order valence-corrected chi connectivity index (χ1v) is 7.55. The molecule has 0 atom stereocenters. The van der Waals surface area contributed by atoms with E-state index in [1.165, 1.54) is 6.33 Å². The van der Waals surface area contributed by atoms with Crippen LogP contribution < -0.4 is 21.8 Å². The van der Waals surface area contributed by atoms with Crippen LogP contribution in [-0.2, 0) is 0 Å². The van der Waals surface area contributed by atoms with Crippen molar-refractivity contribution in [1.82, 2.24) is 20.2 Å². The summed E-state index contributed by atoms with van der Waals surface area (Å²) < 4.78 is 0. The van der Waals surface area contributed by atoms with Gasteiger partial charge in [-0.3, -0.25) is 5.10 Å². The number of nitrogens with zero attached hydrogens (tertiary/aromatic N) is 5. The molecular weight excluding hydrogens is 330 g/mol. The van der Waals surface area contributed by atoms with Crippen molar-refractivity contribution >= 4 is 45.9 Å². The molecule has 3 aromatic rings. The molecule has 3 rings (SSSR count). The Morgan fingerprint density at radius 2 is 2.21 bits per heavy atom. The van der Waals surface area contributed by atoms with Crippen LogP contribution in [0, 0.1) is 0 Å². The van der Waals surface area contributed by atoms with Crippen molar-refractivity contribution in [2.75, 3.05) is 16.9 Å². The molecule has 0 aliphatic rings. The van der Waals surface area contributed by atoms with E-state index in [0.717, 1.165) is 5.69 Å². The number of aromatic amines is 1. The number of benzene rings is 1. The molecule has 6 N–H and O–H groups in total. The minimum Gasteiger partial charge on any atom is -0.369 e. The lowest BCUT2D eigenvalue weighted by Gasteiger charge is -2.15. The van der Waals surface area contributed by atoms with Crippen LogP contribution in [0.15, 0.2) is 35.7 Å². The summed E-state index contributed by atoms with van der Waals surface area (Å²) in [7, 11) is 0. The molecule has 0 saturated carbocycles. The fourth-order valence-electron chi connectivity index (χ4n) is 2.24. The molecule has 1 aromatic carbocycles. The van der Waals surface area contributed by atoms with E-state index in [2.05, 4.69) is 30.6 Å². The zero-order valence-electron chi connectivity index (χ0n) is 12.9. The first-order chi connectivity index (χ1) is 11.6. The van der Waals surface area contributed by atoms with Crippen LogP contribution in [0.4, 0.5) is 17.3 Å². The summed E-state index contributed by atoms with van der Waals surface area (Å²) in [6, 6.07) is 7.32. The number of nitrogens with one attached hydrogen (secondary N) is 2. The number of nitrogens with two attached hydrogens (primary N) is 2. The van der Waals surface area contributed by atoms with E-state index in [4.69, 9.17) is 23.1 Å². The zero-order valence-corrected chi connectivity index (χ0v) is 13.6. The zero-order chi connectivity index (χ0) is 17.1. The van der Waals surface area contributed by atoms with Crippen LogP contribution in [0.1, 0.15) is 6.92 Å². The van der Waals surface area contributed by atoms with Crippen molar-refractivity contribution in [2.45, 2.75) is 6.92 Å². The van der Waals surface area contributed by atoms with Gasteiger partial charge in [-0.05, 0) is 25.1 Å². The standard InChI is InChI=1S/C14H16ClN9/c1-2-24(23-14(16)17)13-10-11(18-7-19-12(10)21-22-13)20-9-5-3-4-8(15)6-9/h3-7H,2H2,1H3,(H4,16,17,23)(H2,18,19,20,21,22). The summed E-state index contributed by atoms with van der Waals surface area (Å²) >= 11 is 6.02. The molecule has 0 bridgehead atoms. The SMILES string of the molecule is CCN(N=C(N)N)c1n[nH]c2ncnc(Nc3cccc(Cl)c3)c12. The van der Waals surface area contributed by atoms with Gasteiger partial charge in [0.25, 0.3) is 0 Å². The second kappa shape index (κ2) is 6.59. The van der Waals surface area contributed by atoms with E-state index >= 15 is 0 Å². The second-order valence-electron chi connectivity index (χ2n) is 4.87. The van der Waals surface area contributed by atoms with Gasteiger partial charge in [0.15, 0.2) is 11.5 Å². The van der Waals surface area contributed by atoms with E-state index in [-0.39, 0.29) is 5.96 Å². The van der Waals surface area contributed by atoms with E-state index in [1.54, 1.807) is 17.1 Å². The number of H-pyrrole nitrogens is 1. The van der Waals surface area contributed by atoms with Gasteiger partial charge in [-0.15, -0.1) is 5.10 Å². The molecule has 0 aliphatic carbocycles. The van der Waals surface area contributed by atoms with Crippen molar-refractivity contribution in [1.29, 1.82) is 0 Å². The third-order valence-electron chi connectivity index (χ3n) is 3.21. The Hall–Kier alpha value is -3.07. The topological polar surface area (TPSA) is 134 Å². The Bertz CT molecular complexity index is 885. The van der Waals surface area contributed by atoms with Gasteiger partial charge in [-0.1, -0.05) is 17.7 Å². The van der Waals surface area contributed by atoms with Crippen LogP contribution in [0.25, 0.3) is 11.0 Å². The molecule has 0 fully saturated rings. The first-order valence-electron chi connectivity index (χ1n) is 7.17. The number of fused-ring (bicyclic) bond motifs is 1. The predicted octanol–water partition coefficient (Wildman–Crippen LogP) is 1.76. The fourth-order valence-corrected chi connectivity index (χ4v) is 2.43. The van der Waals surface area contributed by atoms with E-state index < -0.39 is 0 Å². The largest absolute Gasteiger partial charge is 0.369 e. The van der Waals surface area contributed by atoms with Crippen molar-refractivity contribution in [3.05, 3.63) is 35.6 Å². The normalized spacial score (nSPS) is 10.6. The molecule has 0 amide bonds. The lowest BCUT2D eigenvalue weighted by molar-refractivity contribution is 0.860. The minimum absolute atomic E-state index is 0.0609. The average Bonchev–Trinajstić information content (AvgIpc) is 2.97. The van der Waals surface area contributed by atoms with Gasteiger partial charge < -0.3 is 16.8 Å². The summed E-state index contributed by atoms with van der Waals surface area (Å²) in [4.78, 5) is 8.48. The highest BCUT2D eigenvalue weighted by Crippen LogP contribution is 2.30. The van der Waals surface area contributed by atoms with E-state index in [0.29, 0.717) is 34.2 Å². The monoisotopic (exact) mass is 345 g/mol. The molecule has 0 radical (unpaired) electrons. The maximum Gasteiger partial charge on any atom is 0.209 e. The van der Waals surface area contributed by atoms with Crippen LogP contribution in [0.5, 0.6) is 0 Å². The molecule has 0 saturated heterocycles. The summed E-state index contributed by atoms with van der Waals surface area (Å²) in [6.07, 6.45) is 1.44. The van der Waals surface area contributed by atoms with Gasteiger partial charge in [-0.2, -0.15) is 5.10 Å². The third kappa shape index (κ3) is 3.15. The molecule has 2 heterocycles. The summed E-state index contributed by atoms with van der Waals surface area (Å²) in [5.41, 5.74) is 12.3. The molecule has 24 heavy (non-hydrogen) atoms. The lowest BCUT2D eigenvalue weighted by Crippen LogP contribution is -2.29. The van der Waals surface area contributed by atoms with Gasteiger partial charge in [-0.25, -0.2) is 15.0 Å². The summed E-state index contributed by atoms with van der Waals surface area (Å²) in [5, 5.41) is 17.2.